The predicted octanol–water partition coefficient (Wildman–Crippen LogP) is 4.57. The van der Waals surface area contributed by atoms with E-state index >= 15 is 0 Å². The number of hydrogen-bond donors (Lipinski definition) is 0. The van der Waals surface area contributed by atoms with Crippen LogP contribution in [0.1, 0.15) is 54.9 Å². The lowest BCUT2D eigenvalue weighted by atomic mass is 9.99. The molecule has 1 saturated heterocycles. The summed E-state index contributed by atoms with van der Waals surface area (Å²) in [6.45, 7) is 20.5. The molecule has 0 bridgehead atoms. The van der Waals surface area contributed by atoms with Crippen LogP contribution in [0.2, 0.25) is 18.1 Å². The van der Waals surface area contributed by atoms with Crippen LogP contribution in [-0.4, -0.2) is 32.9 Å². The van der Waals surface area contributed by atoms with Crippen molar-refractivity contribution in [1.29, 1.82) is 0 Å². The lowest BCUT2D eigenvalue weighted by molar-refractivity contribution is -0.151. The van der Waals surface area contributed by atoms with Crippen molar-refractivity contribution in [3.63, 3.8) is 0 Å². The van der Waals surface area contributed by atoms with Crippen LogP contribution in [0, 0.1) is 5.92 Å². The Morgan fingerprint density at radius 2 is 1.75 bits per heavy atom. The van der Waals surface area contributed by atoms with Gasteiger partial charge in [-0.05, 0) is 38.4 Å². The summed E-state index contributed by atoms with van der Waals surface area (Å²) in [5.41, 5.74) is 0. The fraction of sp³-hybridized carbons (Fsp3) is 1.00. The van der Waals surface area contributed by atoms with Gasteiger partial charge in [0.05, 0.1) is 12.2 Å². The van der Waals surface area contributed by atoms with Crippen LogP contribution in [0.5, 0.6) is 0 Å². The molecular formula is C16H34O3Si. The lowest BCUT2D eigenvalue weighted by Gasteiger charge is -2.37. The normalized spacial score (nSPS) is 28.6. The molecule has 0 aromatic rings. The highest BCUT2D eigenvalue weighted by molar-refractivity contribution is 6.74. The summed E-state index contributed by atoms with van der Waals surface area (Å²) in [5, 5.41) is 0.253. The van der Waals surface area contributed by atoms with Crippen molar-refractivity contribution in [3.05, 3.63) is 0 Å². The second-order valence-corrected chi connectivity index (χ2v) is 12.9. The zero-order chi connectivity index (χ0) is 15.8. The van der Waals surface area contributed by atoms with Gasteiger partial charge in [-0.3, -0.25) is 0 Å². The Morgan fingerprint density at radius 3 is 2.20 bits per heavy atom. The molecule has 1 aliphatic heterocycles. The Kier molecular flexibility index (Phi) is 5.51. The Morgan fingerprint density at radius 1 is 1.20 bits per heavy atom. The van der Waals surface area contributed by atoms with Gasteiger partial charge in [0.1, 0.15) is 0 Å². The molecule has 1 rings (SSSR count). The molecule has 0 radical (unpaired) electrons. The summed E-state index contributed by atoms with van der Waals surface area (Å²) < 4.78 is 18.4. The zero-order valence-corrected chi connectivity index (χ0v) is 15.9. The first-order chi connectivity index (χ1) is 8.89. The van der Waals surface area contributed by atoms with E-state index in [4.69, 9.17) is 13.9 Å². The molecular weight excluding hydrogens is 268 g/mol. The maximum Gasteiger partial charge on any atom is 0.191 e. The summed E-state index contributed by atoms with van der Waals surface area (Å²) >= 11 is 0. The zero-order valence-electron chi connectivity index (χ0n) is 14.9. The van der Waals surface area contributed by atoms with Crippen LogP contribution in [-0.2, 0) is 13.9 Å². The van der Waals surface area contributed by atoms with Crippen LogP contribution in [0.15, 0.2) is 0 Å². The summed E-state index contributed by atoms with van der Waals surface area (Å²) in [6.07, 6.45) is 1.31. The quantitative estimate of drug-likeness (QED) is 0.696. The third-order valence-electron chi connectivity index (χ3n) is 4.70. The second kappa shape index (κ2) is 6.07. The maximum atomic E-state index is 6.33. The SMILES string of the molecule is CCC1OC(C)(C)O[C@@H]1[C@@H](C)CO[Si](C)(C)C(C)(C)C. The average molecular weight is 303 g/mol. The maximum absolute atomic E-state index is 6.33. The minimum atomic E-state index is -1.68. The van der Waals surface area contributed by atoms with Gasteiger partial charge in [-0.25, -0.2) is 0 Å². The van der Waals surface area contributed by atoms with Gasteiger partial charge in [0.25, 0.3) is 0 Å². The monoisotopic (exact) mass is 302 g/mol. The van der Waals surface area contributed by atoms with E-state index < -0.39 is 14.1 Å². The van der Waals surface area contributed by atoms with Crippen LogP contribution in [0.4, 0.5) is 0 Å². The van der Waals surface area contributed by atoms with Crippen LogP contribution in [0.3, 0.4) is 0 Å². The molecule has 3 nitrogen and oxygen atoms in total. The molecule has 0 saturated carbocycles. The van der Waals surface area contributed by atoms with Crippen LogP contribution < -0.4 is 0 Å². The molecule has 0 aliphatic carbocycles. The van der Waals surface area contributed by atoms with E-state index in [0.717, 1.165) is 13.0 Å². The molecule has 0 aromatic heterocycles. The van der Waals surface area contributed by atoms with Crippen LogP contribution >= 0.6 is 0 Å². The molecule has 1 aliphatic rings. The van der Waals surface area contributed by atoms with Gasteiger partial charge in [0.2, 0.25) is 0 Å². The predicted molar refractivity (Wildman–Crippen MR) is 86.4 cm³/mol. The number of hydrogen-bond acceptors (Lipinski definition) is 3. The van der Waals surface area contributed by atoms with Crippen molar-refractivity contribution >= 4 is 8.32 Å². The molecule has 1 fully saturated rings. The molecule has 0 spiro atoms. The van der Waals surface area contributed by atoms with Crippen molar-refractivity contribution in [2.75, 3.05) is 6.61 Å². The smallest absolute Gasteiger partial charge is 0.191 e. The molecule has 0 N–H and O–H groups in total. The fourth-order valence-corrected chi connectivity index (χ4v) is 3.42. The summed E-state index contributed by atoms with van der Waals surface area (Å²) in [4.78, 5) is 0. The Bertz CT molecular complexity index is 320. The second-order valence-electron chi connectivity index (χ2n) is 8.10. The van der Waals surface area contributed by atoms with Gasteiger partial charge in [0.15, 0.2) is 14.1 Å². The van der Waals surface area contributed by atoms with E-state index in [9.17, 15) is 0 Å². The highest BCUT2D eigenvalue weighted by Crippen LogP contribution is 2.38. The summed E-state index contributed by atoms with van der Waals surface area (Å²) in [6, 6.07) is 0. The molecule has 20 heavy (non-hydrogen) atoms. The van der Waals surface area contributed by atoms with Crippen molar-refractivity contribution in [3.8, 4) is 0 Å². The van der Waals surface area contributed by atoms with Crippen molar-refractivity contribution in [2.24, 2.45) is 5.92 Å². The Balaban J connectivity index is 2.61. The van der Waals surface area contributed by atoms with Gasteiger partial charge in [0, 0.05) is 12.5 Å². The lowest BCUT2D eigenvalue weighted by Crippen LogP contribution is -2.43. The molecule has 0 amide bonds. The van der Waals surface area contributed by atoms with Crippen molar-refractivity contribution in [2.45, 2.75) is 91.0 Å². The molecule has 4 heteroatoms. The fourth-order valence-electron chi connectivity index (χ4n) is 2.31. The van der Waals surface area contributed by atoms with Gasteiger partial charge in [-0.2, -0.15) is 0 Å². The minimum Gasteiger partial charge on any atom is -0.416 e. The molecule has 0 aromatic carbocycles. The van der Waals surface area contributed by atoms with Gasteiger partial charge < -0.3 is 13.9 Å². The topological polar surface area (TPSA) is 27.7 Å². The highest BCUT2D eigenvalue weighted by atomic mass is 28.4. The van der Waals surface area contributed by atoms with E-state index in [-0.39, 0.29) is 17.2 Å². The van der Waals surface area contributed by atoms with E-state index in [1.165, 1.54) is 0 Å². The number of ether oxygens (including phenoxy) is 2. The van der Waals surface area contributed by atoms with E-state index in [2.05, 4.69) is 47.7 Å². The van der Waals surface area contributed by atoms with Gasteiger partial charge in [-0.1, -0.05) is 34.6 Å². The minimum absolute atomic E-state index is 0.139. The largest absolute Gasteiger partial charge is 0.416 e. The average Bonchev–Trinajstić information content (AvgIpc) is 2.60. The van der Waals surface area contributed by atoms with E-state index in [1.54, 1.807) is 0 Å². The molecule has 1 unspecified atom stereocenters. The molecule has 120 valence electrons. The Hall–Kier alpha value is 0.0969. The van der Waals surface area contributed by atoms with E-state index in [0.29, 0.717) is 5.92 Å². The molecule has 3 atom stereocenters. The first-order valence-electron chi connectivity index (χ1n) is 7.89. The third kappa shape index (κ3) is 4.29. The van der Waals surface area contributed by atoms with Gasteiger partial charge in [-0.15, -0.1) is 0 Å². The third-order valence-corrected chi connectivity index (χ3v) is 9.20. The van der Waals surface area contributed by atoms with E-state index in [1.807, 2.05) is 13.8 Å². The number of rotatable bonds is 5. The standard InChI is InChI=1S/C16H34O3Si/c1-10-13-14(19-16(6,7)18-13)12(2)11-17-20(8,9)15(3,4)5/h12-14H,10-11H2,1-9H3/t12-,13?,14+/m0/s1. The first-order valence-corrected chi connectivity index (χ1v) is 10.8. The summed E-state index contributed by atoms with van der Waals surface area (Å²) in [5.74, 6) is -0.104. The summed E-state index contributed by atoms with van der Waals surface area (Å²) in [7, 11) is -1.68. The first kappa shape index (κ1) is 18.1. The highest BCUT2D eigenvalue weighted by Gasteiger charge is 2.44. The van der Waals surface area contributed by atoms with Crippen LogP contribution in [0.25, 0.3) is 0 Å². The van der Waals surface area contributed by atoms with Crippen molar-refractivity contribution < 1.29 is 13.9 Å². The Labute approximate surface area is 126 Å². The molecule has 1 heterocycles. The van der Waals surface area contributed by atoms with Gasteiger partial charge >= 0.3 is 0 Å². The van der Waals surface area contributed by atoms with Crippen molar-refractivity contribution in [1.82, 2.24) is 0 Å².